The predicted molar refractivity (Wildman–Crippen MR) is 130 cm³/mol. The molecule has 5 nitrogen and oxygen atoms in total. The average Bonchev–Trinajstić information content (AvgIpc) is 2.80. The number of hydrogen-bond donors (Lipinski definition) is 1. The van der Waals surface area contributed by atoms with E-state index in [9.17, 15) is 14.0 Å². The van der Waals surface area contributed by atoms with E-state index in [1.807, 2.05) is 30.5 Å². The molecule has 8 heteroatoms. The van der Waals surface area contributed by atoms with Crippen molar-refractivity contribution >= 4 is 46.0 Å². The molecule has 0 spiro atoms. The van der Waals surface area contributed by atoms with Crippen molar-refractivity contribution in [2.45, 2.75) is 17.0 Å². The molecule has 0 aliphatic heterocycles. The number of nitrogens with one attached hydrogen (secondary N) is 1. The highest BCUT2D eigenvalue weighted by Crippen LogP contribution is 2.23. The third kappa shape index (κ3) is 4.71. The van der Waals surface area contributed by atoms with Gasteiger partial charge in [0.15, 0.2) is 5.16 Å². The van der Waals surface area contributed by atoms with Crippen LogP contribution in [0.1, 0.15) is 5.56 Å². The van der Waals surface area contributed by atoms with Crippen LogP contribution in [-0.4, -0.2) is 27.5 Å². The maximum absolute atomic E-state index is 14.3. The van der Waals surface area contributed by atoms with Gasteiger partial charge < -0.3 is 5.32 Å². The standard InChI is InChI=1S/C24H20FN3O2S2/c1-15-10-11-17(13-20(15)25)28-23(30)19-8-3-4-9-21(19)27-24(28)32-14-22(29)26-16-6-5-7-18(12-16)31-2/h3-13H,14H2,1-2H3,(H,26,29). The summed E-state index contributed by atoms with van der Waals surface area (Å²) in [5.74, 6) is -0.593. The van der Waals surface area contributed by atoms with Crippen LogP contribution >= 0.6 is 23.5 Å². The third-order valence-corrected chi connectivity index (χ3v) is 6.51. The predicted octanol–water partition coefficient (Wildman–Crippen LogP) is 5.29. The second kappa shape index (κ2) is 9.58. The smallest absolute Gasteiger partial charge is 0.266 e. The second-order valence-electron chi connectivity index (χ2n) is 7.05. The average molecular weight is 466 g/mol. The van der Waals surface area contributed by atoms with Gasteiger partial charge in [-0.1, -0.05) is 36.0 Å². The fraction of sp³-hybridized carbons (Fsp3) is 0.125. The van der Waals surface area contributed by atoms with Gasteiger partial charge in [-0.3, -0.25) is 14.2 Å². The number of nitrogens with zero attached hydrogens (tertiary/aromatic N) is 2. The first-order chi connectivity index (χ1) is 15.5. The van der Waals surface area contributed by atoms with E-state index in [4.69, 9.17) is 0 Å². The van der Waals surface area contributed by atoms with Crippen LogP contribution in [-0.2, 0) is 4.79 Å². The molecule has 1 N–H and O–H groups in total. The number of amides is 1. The molecule has 0 fully saturated rings. The van der Waals surface area contributed by atoms with E-state index >= 15 is 0 Å². The van der Waals surface area contributed by atoms with E-state index in [0.29, 0.717) is 33.0 Å². The topological polar surface area (TPSA) is 64.0 Å². The van der Waals surface area contributed by atoms with E-state index in [-0.39, 0.29) is 17.2 Å². The number of anilines is 1. The second-order valence-corrected chi connectivity index (χ2v) is 8.88. The Bertz CT molecular complexity index is 1370. The molecule has 0 radical (unpaired) electrons. The summed E-state index contributed by atoms with van der Waals surface area (Å²) < 4.78 is 15.6. The minimum Gasteiger partial charge on any atom is -0.325 e. The van der Waals surface area contributed by atoms with Crippen LogP contribution in [0.25, 0.3) is 16.6 Å². The molecule has 0 atom stereocenters. The molecule has 0 saturated carbocycles. The van der Waals surface area contributed by atoms with Gasteiger partial charge in [-0.2, -0.15) is 0 Å². The lowest BCUT2D eigenvalue weighted by atomic mass is 10.2. The van der Waals surface area contributed by atoms with Crippen LogP contribution in [0.5, 0.6) is 0 Å². The van der Waals surface area contributed by atoms with Crippen molar-refractivity contribution in [1.82, 2.24) is 9.55 Å². The summed E-state index contributed by atoms with van der Waals surface area (Å²) in [5.41, 5.74) is 1.77. The van der Waals surface area contributed by atoms with Gasteiger partial charge in [0, 0.05) is 10.6 Å². The van der Waals surface area contributed by atoms with Crippen LogP contribution in [0.2, 0.25) is 0 Å². The van der Waals surface area contributed by atoms with Crippen molar-refractivity contribution in [1.29, 1.82) is 0 Å². The molecule has 0 aliphatic carbocycles. The van der Waals surface area contributed by atoms with Gasteiger partial charge in [-0.05, 0) is 61.2 Å². The molecule has 1 amide bonds. The van der Waals surface area contributed by atoms with Crippen molar-refractivity contribution in [3.8, 4) is 5.69 Å². The Labute approximate surface area is 193 Å². The molecule has 0 saturated heterocycles. The normalized spacial score (nSPS) is 11.0. The summed E-state index contributed by atoms with van der Waals surface area (Å²) in [5, 5.41) is 3.62. The van der Waals surface area contributed by atoms with Gasteiger partial charge in [-0.15, -0.1) is 11.8 Å². The highest BCUT2D eigenvalue weighted by atomic mass is 32.2. The molecule has 1 aromatic heterocycles. The molecular weight excluding hydrogens is 445 g/mol. The zero-order valence-electron chi connectivity index (χ0n) is 17.5. The Hall–Kier alpha value is -3.10. The molecule has 3 aromatic carbocycles. The summed E-state index contributed by atoms with van der Waals surface area (Å²) in [6, 6.07) is 19.1. The van der Waals surface area contributed by atoms with Gasteiger partial charge in [-0.25, -0.2) is 9.37 Å². The van der Waals surface area contributed by atoms with Crippen molar-refractivity contribution in [3.05, 3.63) is 88.5 Å². The third-order valence-electron chi connectivity index (χ3n) is 4.84. The SMILES string of the molecule is CSc1cccc(NC(=O)CSc2nc3ccccc3c(=O)n2-c2ccc(C)c(F)c2)c1. The maximum Gasteiger partial charge on any atom is 0.266 e. The molecular formula is C24H20FN3O2S2. The number of benzene rings is 3. The Morgan fingerprint density at radius 1 is 1.09 bits per heavy atom. The Kier molecular flexibility index (Phi) is 6.62. The molecule has 32 heavy (non-hydrogen) atoms. The highest BCUT2D eigenvalue weighted by molar-refractivity contribution is 7.99. The number of carbonyl (C=O) groups excluding carboxylic acids is 1. The molecule has 0 unspecified atom stereocenters. The lowest BCUT2D eigenvalue weighted by molar-refractivity contribution is -0.113. The molecule has 0 aliphatic rings. The number of aromatic nitrogens is 2. The fourth-order valence-electron chi connectivity index (χ4n) is 3.19. The molecule has 1 heterocycles. The van der Waals surface area contributed by atoms with Crippen molar-refractivity contribution in [3.63, 3.8) is 0 Å². The fourth-order valence-corrected chi connectivity index (χ4v) is 4.46. The summed E-state index contributed by atoms with van der Waals surface area (Å²) in [7, 11) is 0. The van der Waals surface area contributed by atoms with Crippen LogP contribution in [0.3, 0.4) is 0 Å². The van der Waals surface area contributed by atoms with E-state index in [0.717, 1.165) is 16.7 Å². The van der Waals surface area contributed by atoms with Crippen LogP contribution in [0.15, 0.2) is 81.6 Å². The van der Waals surface area contributed by atoms with Gasteiger partial charge >= 0.3 is 0 Å². The van der Waals surface area contributed by atoms with E-state index in [1.165, 1.54) is 10.6 Å². The Balaban J connectivity index is 1.67. The maximum atomic E-state index is 14.3. The summed E-state index contributed by atoms with van der Waals surface area (Å²) in [4.78, 5) is 31.4. The summed E-state index contributed by atoms with van der Waals surface area (Å²) in [6.07, 6.45) is 1.97. The van der Waals surface area contributed by atoms with Crippen LogP contribution in [0, 0.1) is 12.7 Å². The number of hydrogen-bond acceptors (Lipinski definition) is 5. The first-order valence-electron chi connectivity index (χ1n) is 9.81. The van der Waals surface area contributed by atoms with Crippen molar-refractivity contribution in [2.24, 2.45) is 0 Å². The minimum absolute atomic E-state index is 0.0443. The molecule has 0 bridgehead atoms. The first kappa shape index (κ1) is 22.1. The first-order valence-corrected chi connectivity index (χ1v) is 12.0. The number of carbonyl (C=O) groups is 1. The zero-order valence-corrected chi connectivity index (χ0v) is 19.1. The number of aryl methyl sites for hydroxylation is 1. The minimum atomic E-state index is -0.412. The van der Waals surface area contributed by atoms with Gasteiger partial charge in [0.25, 0.3) is 5.56 Å². The number of thioether (sulfide) groups is 2. The van der Waals surface area contributed by atoms with E-state index < -0.39 is 5.82 Å². The lowest BCUT2D eigenvalue weighted by Crippen LogP contribution is -2.23. The van der Waals surface area contributed by atoms with Crippen molar-refractivity contribution in [2.75, 3.05) is 17.3 Å². The number of halogens is 1. The number of fused-ring (bicyclic) bond motifs is 1. The summed E-state index contributed by atoms with van der Waals surface area (Å²) >= 11 is 2.72. The molecule has 4 rings (SSSR count). The number of para-hydroxylation sites is 1. The summed E-state index contributed by atoms with van der Waals surface area (Å²) in [6.45, 7) is 1.66. The highest BCUT2D eigenvalue weighted by Gasteiger charge is 2.16. The quantitative estimate of drug-likeness (QED) is 0.310. The van der Waals surface area contributed by atoms with Crippen LogP contribution < -0.4 is 10.9 Å². The zero-order chi connectivity index (χ0) is 22.7. The Morgan fingerprint density at radius 2 is 1.91 bits per heavy atom. The van der Waals surface area contributed by atoms with E-state index in [1.54, 1.807) is 55.1 Å². The van der Waals surface area contributed by atoms with Gasteiger partial charge in [0.1, 0.15) is 5.82 Å². The van der Waals surface area contributed by atoms with E-state index in [2.05, 4.69) is 10.3 Å². The molecule has 4 aromatic rings. The van der Waals surface area contributed by atoms with Crippen molar-refractivity contribution < 1.29 is 9.18 Å². The van der Waals surface area contributed by atoms with Gasteiger partial charge in [0.2, 0.25) is 5.91 Å². The monoisotopic (exact) mass is 465 g/mol. The number of rotatable bonds is 6. The Morgan fingerprint density at radius 3 is 2.69 bits per heavy atom. The largest absolute Gasteiger partial charge is 0.325 e. The molecule has 162 valence electrons. The van der Waals surface area contributed by atoms with Gasteiger partial charge in [0.05, 0.1) is 22.3 Å². The van der Waals surface area contributed by atoms with Crippen LogP contribution in [0.4, 0.5) is 10.1 Å². The lowest BCUT2D eigenvalue weighted by Gasteiger charge is -2.14.